The summed E-state index contributed by atoms with van der Waals surface area (Å²) in [5.74, 6) is 0.474. The average Bonchev–Trinajstić information content (AvgIpc) is 3.43. The van der Waals surface area contributed by atoms with Crippen LogP contribution < -0.4 is 20.1 Å². The summed E-state index contributed by atoms with van der Waals surface area (Å²) in [4.78, 5) is 51.4. The summed E-state index contributed by atoms with van der Waals surface area (Å²) in [6.07, 6.45) is -3.77. The Morgan fingerprint density at radius 1 is 0.867 bits per heavy atom. The van der Waals surface area contributed by atoms with Crippen molar-refractivity contribution in [3.8, 4) is 17.2 Å². The number of thiazole rings is 1. The zero-order chi connectivity index (χ0) is 33.1. The Kier molecular flexibility index (Phi) is 12.7. The molecule has 0 aliphatic carbocycles. The van der Waals surface area contributed by atoms with E-state index in [1.54, 1.807) is 51.4 Å². The third-order valence-corrected chi connectivity index (χ3v) is 7.21. The highest BCUT2D eigenvalue weighted by Crippen LogP contribution is 2.43. The topological polar surface area (TPSA) is 178 Å². The Hall–Kier alpha value is -4.17. The summed E-state index contributed by atoms with van der Waals surface area (Å²) in [7, 11) is -4.65. The van der Waals surface area contributed by atoms with Gasteiger partial charge >= 0.3 is 19.9 Å². The molecule has 0 spiro atoms. The van der Waals surface area contributed by atoms with Crippen LogP contribution in [0.2, 0.25) is 0 Å². The zero-order valence-corrected chi connectivity index (χ0v) is 27.2. The van der Waals surface area contributed by atoms with E-state index in [0.717, 1.165) is 0 Å². The van der Waals surface area contributed by atoms with Crippen LogP contribution in [0.3, 0.4) is 0 Å². The van der Waals surface area contributed by atoms with Crippen LogP contribution >= 0.6 is 18.9 Å². The summed E-state index contributed by atoms with van der Waals surface area (Å²) in [5, 5.41) is 4.67. The minimum absolute atomic E-state index is 0.181. The molecule has 3 rings (SSSR count). The first kappa shape index (κ1) is 35.3. The van der Waals surface area contributed by atoms with Gasteiger partial charge < -0.3 is 33.3 Å². The highest BCUT2D eigenvalue weighted by molar-refractivity contribution is 7.61. The molecule has 2 atom stereocenters. The molecule has 45 heavy (non-hydrogen) atoms. The average molecular weight is 667 g/mol. The molecule has 1 aromatic heterocycles. The Bertz CT molecular complexity index is 1480. The number of rotatable bonds is 14. The predicted molar refractivity (Wildman–Crippen MR) is 163 cm³/mol. The van der Waals surface area contributed by atoms with E-state index in [9.17, 15) is 23.8 Å². The third-order valence-electron chi connectivity index (χ3n) is 5.05. The van der Waals surface area contributed by atoms with Gasteiger partial charge in [0, 0.05) is 23.2 Å². The van der Waals surface area contributed by atoms with Crippen molar-refractivity contribution < 1.29 is 56.8 Å². The molecular weight excluding hydrogens is 631 g/mol. The van der Waals surface area contributed by atoms with Crippen molar-refractivity contribution in [2.75, 3.05) is 11.9 Å². The van der Waals surface area contributed by atoms with Crippen molar-refractivity contribution >= 4 is 47.6 Å². The maximum absolute atomic E-state index is 13.1. The number of aromatic nitrogens is 1. The number of anilines is 1. The van der Waals surface area contributed by atoms with Crippen LogP contribution in [0.5, 0.6) is 17.2 Å². The molecule has 1 amide bonds. The molecule has 0 aliphatic rings. The number of hydrogen-bond donors (Lipinski definition) is 2. The fraction of sp³-hybridized carbons (Fsp3) is 0.379. The smallest absolute Gasteiger partial charge is 0.491 e. The summed E-state index contributed by atoms with van der Waals surface area (Å²) in [6, 6.07) is 9.98. The summed E-state index contributed by atoms with van der Waals surface area (Å²) < 4.78 is 49.6. The second-order valence-electron chi connectivity index (χ2n) is 10.1. The van der Waals surface area contributed by atoms with Gasteiger partial charge in [-0.2, -0.15) is 0 Å². The molecule has 0 saturated heterocycles. The van der Waals surface area contributed by atoms with Crippen molar-refractivity contribution in [2.24, 2.45) is 0 Å². The van der Waals surface area contributed by atoms with Crippen molar-refractivity contribution in [1.82, 2.24) is 4.98 Å². The summed E-state index contributed by atoms with van der Waals surface area (Å²) >= 11 is 1.27. The van der Waals surface area contributed by atoms with E-state index in [1.165, 1.54) is 41.7 Å². The van der Waals surface area contributed by atoms with Crippen LogP contribution in [0.25, 0.3) is 0 Å². The number of carbonyl (C=O) groups excluding carboxylic acids is 3. The molecule has 2 aromatic carbocycles. The number of nitrogens with zero attached hydrogens (tertiary/aromatic N) is 1. The molecule has 0 fully saturated rings. The molecule has 14 nitrogen and oxygen atoms in total. The Morgan fingerprint density at radius 3 is 2.11 bits per heavy atom. The van der Waals surface area contributed by atoms with Gasteiger partial charge in [0.2, 0.25) is 6.29 Å². The van der Waals surface area contributed by atoms with Gasteiger partial charge in [0.05, 0.1) is 23.6 Å². The molecule has 244 valence electrons. The standard InChI is InChI=1S/C29H35N2O12PS/c1-17(2)38-22-13-20(26(32)31-27-30-11-12-45-27)14-23(15-22)41-21-7-9-24(10-8-21)44(35,36)43-25(42-29(34)40-19(5)6)16-37-28(33)39-18(3)4/h7-15,17-19,25H,16H2,1-6H3,(H,35,36)(H,30,31,32). The van der Waals surface area contributed by atoms with Crippen LogP contribution in [-0.4, -0.2) is 59.3 Å². The van der Waals surface area contributed by atoms with Crippen LogP contribution in [0.15, 0.2) is 54.0 Å². The van der Waals surface area contributed by atoms with Crippen LogP contribution in [0.1, 0.15) is 51.9 Å². The SMILES string of the molecule is CC(C)OC(=O)OCC(OC(=O)OC(C)C)OP(=O)(O)c1ccc(Oc2cc(OC(C)C)cc(C(=O)Nc3nccs3)c2)cc1. The van der Waals surface area contributed by atoms with Crippen LogP contribution in [-0.2, 0) is 28.0 Å². The van der Waals surface area contributed by atoms with E-state index >= 15 is 0 Å². The van der Waals surface area contributed by atoms with Gasteiger partial charge in [-0.05, 0) is 77.9 Å². The summed E-state index contributed by atoms with van der Waals surface area (Å²) in [5.41, 5.74) is 0.254. The highest BCUT2D eigenvalue weighted by atomic mass is 32.1. The van der Waals surface area contributed by atoms with Gasteiger partial charge in [0.15, 0.2) is 11.7 Å². The first-order valence-electron chi connectivity index (χ1n) is 13.7. The number of carbonyl (C=O) groups is 3. The maximum atomic E-state index is 13.1. The normalized spacial score (nSPS) is 13.1. The molecule has 0 aliphatic heterocycles. The number of hydrogen-bond acceptors (Lipinski definition) is 13. The molecule has 0 saturated carbocycles. The quantitative estimate of drug-likeness (QED) is 0.112. The molecule has 0 bridgehead atoms. The fourth-order valence-corrected chi connectivity index (χ4v) is 4.99. The van der Waals surface area contributed by atoms with E-state index in [4.69, 9.17) is 32.9 Å². The van der Waals surface area contributed by atoms with Crippen molar-refractivity contribution in [3.05, 3.63) is 59.6 Å². The number of nitrogens with one attached hydrogen (secondary N) is 1. The number of amides is 1. The van der Waals surface area contributed by atoms with Gasteiger partial charge in [-0.25, -0.2) is 14.6 Å². The molecular formula is C29H35N2O12PS. The van der Waals surface area contributed by atoms with Crippen LogP contribution in [0.4, 0.5) is 14.7 Å². The van der Waals surface area contributed by atoms with Crippen molar-refractivity contribution in [3.63, 3.8) is 0 Å². The van der Waals surface area contributed by atoms with Crippen molar-refractivity contribution in [1.29, 1.82) is 0 Å². The van der Waals surface area contributed by atoms with Gasteiger partial charge in [0.25, 0.3) is 5.91 Å². The molecule has 3 aromatic rings. The first-order chi connectivity index (χ1) is 21.2. The minimum Gasteiger partial charge on any atom is -0.491 e. The number of benzene rings is 2. The van der Waals surface area contributed by atoms with E-state index in [-0.39, 0.29) is 28.5 Å². The molecule has 16 heteroatoms. The predicted octanol–water partition coefficient (Wildman–Crippen LogP) is 6.25. The Morgan fingerprint density at radius 2 is 1.51 bits per heavy atom. The second-order valence-corrected chi connectivity index (χ2v) is 12.7. The number of ether oxygens (including phenoxy) is 6. The lowest BCUT2D eigenvalue weighted by atomic mass is 10.2. The molecule has 2 unspecified atom stereocenters. The van der Waals surface area contributed by atoms with E-state index in [2.05, 4.69) is 10.3 Å². The van der Waals surface area contributed by atoms with Crippen LogP contribution in [0, 0.1) is 0 Å². The lowest BCUT2D eigenvalue weighted by Crippen LogP contribution is -2.30. The van der Waals surface area contributed by atoms with E-state index < -0.39 is 50.9 Å². The van der Waals surface area contributed by atoms with E-state index in [1.807, 2.05) is 13.8 Å². The monoisotopic (exact) mass is 666 g/mol. The van der Waals surface area contributed by atoms with E-state index in [0.29, 0.717) is 10.9 Å². The Labute approximate surface area is 264 Å². The maximum Gasteiger partial charge on any atom is 0.510 e. The Balaban J connectivity index is 1.76. The summed E-state index contributed by atoms with van der Waals surface area (Å²) in [6.45, 7) is 9.25. The lowest BCUT2D eigenvalue weighted by molar-refractivity contribution is -0.105. The minimum atomic E-state index is -4.65. The van der Waals surface area contributed by atoms with Gasteiger partial charge in [-0.15, -0.1) is 11.3 Å². The van der Waals surface area contributed by atoms with Crippen molar-refractivity contribution in [2.45, 2.75) is 66.1 Å². The second kappa shape index (κ2) is 16.2. The zero-order valence-electron chi connectivity index (χ0n) is 25.5. The fourth-order valence-electron chi connectivity index (χ4n) is 3.39. The molecule has 0 radical (unpaired) electrons. The van der Waals surface area contributed by atoms with Gasteiger partial charge in [-0.3, -0.25) is 19.2 Å². The third kappa shape index (κ3) is 12.0. The lowest BCUT2D eigenvalue weighted by Gasteiger charge is -2.22. The first-order valence-corrected chi connectivity index (χ1v) is 16.2. The largest absolute Gasteiger partial charge is 0.510 e. The van der Waals surface area contributed by atoms with Gasteiger partial charge in [0.1, 0.15) is 17.2 Å². The van der Waals surface area contributed by atoms with Gasteiger partial charge in [-0.1, -0.05) is 0 Å². The molecule has 2 N–H and O–H groups in total. The highest BCUT2D eigenvalue weighted by Gasteiger charge is 2.32. The molecule has 1 heterocycles.